The number of piperidine rings is 1. The summed E-state index contributed by atoms with van der Waals surface area (Å²) in [6, 6.07) is 0. The van der Waals surface area contributed by atoms with Gasteiger partial charge in [0.25, 0.3) is 0 Å². The van der Waals surface area contributed by atoms with Crippen LogP contribution in [0.25, 0.3) is 0 Å². The van der Waals surface area contributed by atoms with Crippen LogP contribution in [0, 0.1) is 0 Å². The summed E-state index contributed by atoms with van der Waals surface area (Å²) >= 11 is 1.72. The van der Waals surface area contributed by atoms with E-state index in [9.17, 15) is 8.42 Å². The molecule has 138 valence electrons. The van der Waals surface area contributed by atoms with Gasteiger partial charge in [-0.25, -0.2) is 13.4 Å². The minimum absolute atomic E-state index is 0.240. The average Bonchev–Trinajstić information content (AvgIpc) is 3.15. The number of sulfonamides is 1. The van der Waals surface area contributed by atoms with Gasteiger partial charge in [0, 0.05) is 30.3 Å². The number of anilines is 1. The first-order valence-corrected chi connectivity index (χ1v) is 11.3. The normalized spacial score (nSPS) is 19.4. The number of H-pyrrole nitrogens is 1. The van der Waals surface area contributed by atoms with Crippen molar-refractivity contribution in [1.29, 1.82) is 0 Å². The lowest BCUT2D eigenvalue weighted by Gasteiger charge is -2.32. The first-order valence-electron chi connectivity index (χ1n) is 8.49. The molecule has 0 spiro atoms. The van der Waals surface area contributed by atoms with Gasteiger partial charge in [-0.05, 0) is 19.4 Å². The zero-order chi connectivity index (χ0) is 18.0. The molecule has 1 aliphatic rings. The fraction of sp³-hybridized carbons (Fsp3) is 0.625. The van der Waals surface area contributed by atoms with Crippen LogP contribution in [0.3, 0.4) is 0 Å². The third-order valence-electron chi connectivity index (χ3n) is 4.33. The molecule has 3 heterocycles. The van der Waals surface area contributed by atoms with Crippen molar-refractivity contribution in [2.24, 2.45) is 0 Å². The number of nitrogens with one attached hydrogen (secondary N) is 2. The summed E-state index contributed by atoms with van der Waals surface area (Å²) in [6.45, 7) is 7.06. The summed E-state index contributed by atoms with van der Waals surface area (Å²) in [7, 11) is -3.31. The highest BCUT2D eigenvalue weighted by Crippen LogP contribution is 2.31. The van der Waals surface area contributed by atoms with Crippen LogP contribution in [0.2, 0.25) is 0 Å². The first kappa shape index (κ1) is 18.3. The van der Waals surface area contributed by atoms with E-state index >= 15 is 0 Å². The van der Waals surface area contributed by atoms with Crippen LogP contribution in [-0.4, -0.2) is 47.8 Å². The van der Waals surface area contributed by atoms with E-state index in [1.165, 1.54) is 5.01 Å². The molecular formula is C16H25N5O2S2. The third-order valence-corrected chi connectivity index (χ3v) is 6.11. The highest BCUT2D eigenvalue weighted by atomic mass is 32.2. The van der Waals surface area contributed by atoms with Gasteiger partial charge in [0.05, 0.1) is 34.5 Å². The van der Waals surface area contributed by atoms with Gasteiger partial charge in [-0.15, -0.1) is 11.3 Å². The summed E-state index contributed by atoms with van der Waals surface area (Å²) in [6.07, 6.45) is 4.80. The number of aromatic nitrogens is 3. The second kappa shape index (κ2) is 7.43. The van der Waals surface area contributed by atoms with E-state index in [1.54, 1.807) is 17.5 Å². The zero-order valence-corrected chi connectivity index (χ0v) is 16.5. The Morgan fingerprint density at radius 1 is 1.48 bits per heavy atom. The fourth-order valence-electron chi connectivity index (χ4n) is 3.21. The van der Waals surface area contributed by atoms with Crippen LogP contribution in [0.4, 0.5) is 5.69 Å². The van der Waals surface area contributed by atoms with Crippen molar-refractivity contribution in [1.82, 2.24) is 20.1 Å². The van der Waals surface area contributed by atoms with Gasteiger partial charge in [0.2, 0.25) is 10.0 Å². The van der Waals surface area contributed by atoms with E-state index in [2.05, 4.69) is 39.0 Å². The maximum Gasteiger partial charge on any atom is 0.229 e. The summed E-state index contributed by atoms with van der Waals surface area (Å²) in [5.41, 5.74) is 2.55. The standard InChI is InChI=1S/C16H25N5O2S2/c1-11(2)16-18-13(10-24-16)9-21-6-4-5-12(8-21)15-14(7-17-19-15)20-25(3,22)23/h7,10-12,20H,4-6,8-9H2,1-3H3,(H,17,19)/t12-/m1/s1. The van der Waals surface area contributed by atoms with E-state index in [1.807, 2.05) is 0 Å². The molecule has 2 N–H and O–H groups in total. The van der Waals surface area contributed by atoms with Crippen LogP contribution < -0.4 is 4.72 Å². The summed E-state index contributed by atoms with van der Waals surface area (Å²) in [5, 5.41) is 10.3. The quantitative estimate of drug-likeness (QED) is 0.800. The maximum absolute atomic E-state index is 11.5. The van der Waals surface area contributed by atoms with Gasteiger partial charge in [-0.2, -0.15) is 5.10 Å². The molecule has 7 nitrogen and oxygen atoms in total. The van der Waals surface area contributed by atoms with Crippen LogP contribution in [0.15, 0.2) is 11.6 Å². The molecule has 0 radical (unpaired) electrons. The number of thiazole rings is 1. The van der Waals surface area contributed by atoms with Crippen molar-refractivity contribution < 1.29 is 8.42 Å². The van der Waals surface area contributed by atoms with Crippen molar-refractivity contribution in [3.63, 3.8) is 0 Å². The Bertz CT molecular complexity index is 812. The molecule has 3 rings (SSSR count). The smallest absolute Gasteiger partial charge is 0.229 e. The number of nitrogens with zero attached hydrogens (tertiary/aromatic N) is 3. The Labute approximate surface area is 152 Å². The first-order chi connectivity index (χ1) is 11.8. The van der Waals surface area contributed by atoms with Gasteiger partial charge < -0.3 is 0 Å². The van der Waals surface area contributed by atoms with Gasteiger partial charge in [-0.1, -0.05) is 13.8 Å². The van der Waals surface area contributed by atoms with E-state index in [0.29, 0.717) is 11.6 Å². The molecule has 0 aliphatic carbocycles. The molecule has 2 aromatic rings. The predicted molar refractivity (Wildman–Crippen MR) is 101 cm³/mol. The lowest BCUT2D eigenvalue weighted by Crippen LogP contribution is -2.34. The van der Waals surface area contributed by atoms with Gasteiger partial charge in [0.15, 0.2) is 0 Å². The second-order valence-electron chi connectivity index (χ2n) is 6.98. The molecule has 9 heteroatoms. The minimum Gasteiger partial charge on any atom is -0.297 e. The minimum atomic E-state index is -3.31. The van der Waals surface area contributed by atoms with Gasteiger partial charge >= 0.3 is 0 Å². The Morgan fingerprint density at radius 2 is 2.28 bits per heavy atom. The summed E-state index contributed by atoms with van der Waals surface area (Å²) < 4.78 is 25.6. The number of hydrogen-bond donors (Lipinski definition) is 2. The fourth-order valence-corrected chi connectivity index (χ4v) is 4.60. The largest absolute Gasteiger partial charge is 0.297 e. The molecule has 0 aromatic carbocycles. The summed E-state index contributed by atoms with van der Waals surface area (Å²) in [5.74, 6) is 0.700. The molecule has 25 heavy (non-hydrogen) atoms. The molecule has 1 fully saturated rings. The van der Waals surface area contributed by atoms with Crippen molar-refractivity contribution in [2.75, 3.05) is 24.1 Å². The van der Waals surface area contributed by atoms with Crippen molar-refractivity contribution in [3.8, 4) is 0 Å². The van der Waals surface area contributed by atoms with Crippen molar-refractivity contribution in [2.45, 2.75) is 45.1 Å². The average molecular weight is 384 g/mol. The topological polar surface area (TPSA) is 91.0 Å². The third kappa shape index (κ3) is 4.80. The lowest BCUT2D eigenvalue weighted by molar-refractivity contribution is 0.197. The lowest BCUT2D eigenvalue weighted by atomic mass is 9.94. The number of hydrogen-bond acceptors (Lipinski definition) is 6. The van der Waals surface area contributed by atoms with Gasteiger partial charge in [0.1, 0.15) is 0 Å². The molecule has 1 atom stereocenters. The van der Waals surface area contributed by atoms with Crippen LogP contribution in [-0.2, 0) is 16.6 Å². The summed E-state index contributed by atoms with van der Waals surface area (Å²) in [4.78, 5) is 7.11. The second-order valence-corrected chi connectivity index (χ2v) is 9.62. The Morgan fingerprint density at radius 3 is 2.96 bits per heavy atom. The van der Waals surface area contributed by atoms with Gasteiger partial charge in [-0.3, -0.25) is 14.7 Å². The number of likely N-dealkylation sites (tertiary alicyclic amines) is 1. The number of aromatic amines is 1. The molecule has 2 aromatic heterocycles. The van der Waals surface area contributed by atoms with Crippen LogP contribution in [0.5, 0.6) is 0 Å². The van der Waals surface area contributed by atoms with E-state index < -0.39 is 10.0 Å². The molecule has 1 saturated heterocycles. The highest BCUT2D eigenvalue weighted by molar-refractivity contribution is 7.92. The molecule has 0 unspecified atom stereocenters. The van der Waals surface area contributed by atoms with E-state index in [4.69, 9.17) is 4.98 Å². The molecule has 0 saturated carbocycles. The van der Waals surface area contributed by atoms with E-state index in [0.717, 1.165) is 50.1 Å². The molecule has 0 bridgehead atoms. The zero-order valence-electron chi connectivity index (χ0n) is 14.8. The van der Waals surface area contributed by atoms with E-state index in [-0.39, 0.29) is 5.92 Å². The maximum atomic E-state index is 11.5. The molecular weight excluding hydrogens is 358 g/mol. The molecule has 1 aliphatic heterocycles. The Balaban J connectivity index is 1.68. The van der Waals surface area contributed by atoms with Crippen molar-refractivity contribution in [3.05, 3.63) is 28.0 Å². The molecule has 0 amide bonds. The predicted octanol–water partition coefficient (Wildman–Crippen LogP) is 2.74. The number of rotatable bonds is 6. The van der Waals surface area contributed by atoms with Crippen LogP contribution >= 0.6 is 11.3 Å². The Hall–Kier alpha value is -1.45. The monoisotopic (exact) mass is 383 g/mol. The van der Waals surface area contributed by atoms with Crippen LogP contribution in [0.1, 0.15) is 54.9 Å². The highest BCUT2D eigenvalue weighted by Gasteiger charge is 2.26. The SMILES string of the molecule is CC(C)c1nc(CN2CCC[C@@H](c3[nH]ncc3NS(C)(=O)=O)C2)cs1. The van der Waals surface area contributed by atoms with Crippen molar-refractivity contribution >= 4 is 27.0 Å². The Kier molecular flexibility index (Phi) is 5.45.